The van der Waals surface area contributed by atoms with Crippen LogP contribution in [-0.4, -0.2) is 14.7 Å². The lowest BCUT2D eigenvalue weighted by Crippen LogP contribution is -2.29. The van der Waals surface area contributed by atoms with E-state index in [0.717, 1.165) is 11.1 Å². The standard InChI is InChI=1S/C16H16N2O2S/c1-13-6-3-4-8-15(13)12-18(21(2,19)20)16-9-5-7-14(10-16)11-17/h3-10H,12H2,1-2H3. The van der Waals surface area contributed by atoms with Gasteiger partial charge in [-0.3, -0.25) is 4.31 Å². The maximum Gasteiger partial charge on any atom is 0.232 e. The van der Waals surface area contributed by atoms with Gasteiger partial charge in [0.1, 0.15) is 0 Å². The first kappa shape index (κ1) is 15.1. The average Bonchev–Trinajstić information content (AvgIpc) is 2.45. The van der Waals surface area contributed by atoms with Crippen LogP contribution in [0.15, 0.2) is 48.5 Å². The van der Waals surface area contributed by atoms with Crippen molar-refractivity contribution in [3.63, 3.8) is 0 Å². The molecular formula is C16H16N2O2S. The predicted molar refractivity (Wildman–Crippen MR) is 83.4 cm³/mol. The predicted octanol–water partition coefficient (Wildman–Crippen LogP) is 2.83. The normalized spacial score (nSPS) is 10.9. The molecule has 0 radical (unpaired) electrons. The fourth-order valence-corrected chi connectivity index (χ4v) is 2.94. The van der Waals surface area contributed by atoms with E-state index < -0.39 is 10.0 Å². The van der Waals surface area contributed by atoms with E-state index in [0.29, 0.717) is 11.3 Å². The van der Waals surface area contributed by atoms with Crippen LogP contribution in [-0.2, 0) is 16.6 Å². The second-order valence-electron chi connectivity index (χ2n) is 4.86. The number of nitriles is 1. The Morgan fingerprint density at radius 1 is 1.14 bits per heavy atom. The summed E-state index contributed by atoms with van der Waals surface area (Å²) in [6.07, 6.45) is 1.17. The van der Waals surface area contributed by atoms with Gasteiger partial charge in [-0.05, 0) is 36.2 Å². The zero-order valence-electron chi connectivity index (χ0n) is 11.9. The highest BCUT2D eigenvalue weighted by Gasteiger charge is 2.18. The van der Waals surface area contributed by atoms with Crippen molar-refractivity contribution < 1.29 is 8.42 Å². The summed E-state index contributed by atoms with van der Waals surface area (Å²) in [7, 11) is -3.43. The molecule has 2 rings (SSSR count). The molecular weight excluding hydrogens is 284 g/mol. The molecule has 0 saturated heterocycles. The Balaban J connectivity index is 2.45. The third-order valence-electron chi connectivity index (χ3n) is 3.24. The van der Waals surface area contributed by atoms with E-state index in [-0.39, 0.29) is 6.54 Å². The number of anilines is 1. The third-order valence-corrected chi connectivity index (χ3v) is 4.38. The van der Waals surface area contributed by atoms with Crippen LogP contribution in [0.2, 0.25) is 0 Å². The van der Waals surface area contributed by atoms with Crippen LogP contribution in [0.3, 0.4) is 0 Å². The van der Waals surface area contributed by atoms with Crippen LogP contribution in [0.4, 0.5) is 5.69 Å². The first-order valence-electron chi connectivity index (χ1n) is 6.44. The summed E-state index contributed by atoms with van der Waals surface area (Å²) >= 11 is 0. The van der Waals surface area contributed by atoms with Crippen molar-refractivity contribution in [3.8, 4) is 6.07 Å². The molecule has 5 heteroatoms. The van der Waals surface area contributed by atoms with Gasteiger partial charge in [0.05, 0.1) is 30.1 Å². The number of aryl methyl sites for hydroxylation is 1. The second kappa shape index (κ2) is 5.98. The van der Waals surface area contributed by atoms with Crippen molar-refractivity contribution in [1.82, 2.24) is 0 Å². The largest absolute Gasteiger partial charge is 0.266 e. The maximum absolute atomic E-state index is 12.1. The van der Waals surface area contributed by atoms with E-state index in [1.54, 1.807) is 24.3 Å². The van der Waals surface area contributed by atoms with Crippen molar-refractivity contribution in [3.05, 3.63) is 65.2 Å². The van der Waals surface area contributed by atoms with Gasteiger partial charge in [0.15, 0.2) is 0 Å². The van der Waals surface area contributed by atoms with Crippen molar-refractivity contribution in [2.45, 2.75) is 13.5 Å². The molecule has 0 atom stereocenters. The summed E-state index contributed by atoms with van der Waals surface area (Å²) < 4.78 is 25.5. The molecule has 21 heavy (non-hydrogen) atoms. The number of hydrogen-bond donors (Lipinski definition) is 0. The fraction of sp³-hybridized carbons (Fsp3) is 0.188. The lowest BCUT2D eigenvalue weighted by atomic mass is 10.1. The average molecular weight is 300 g/mol. The zero-order chi connectivity index (χ0) is 15.5. The Hall–Kier alpha value is -2.32. The van der Waals surface area contributed by atoms with Crippen molar-refractivity contribution in [2.75, 3.05) is 10.6 Å². The maximum atomic E-state index is 12.1. The van der Waals surface area contributed by atoms with Gasteiger partial charge in [0.25, 0.3) is 0 Å². The van der Waals surface area contributed by atoms with Crippen LogP contribution in [0.1, 0.15) is 16.7 Å². The van der Waals surface area contributed by atoms with Crippen LogP contribution in [0.5, 0.6) is 0 Å². The lowest BCUT2D eigenvalue weighted by Gasteiger charge is -2.23. The van der Waals surface area contributed by atoms with E-state index in [2.05, 4.69) is 0 Å². The topological polar surface area (TPSA) is 61.2 Å². The van der Waals surface area contributed by atoms with Crippen LogP contribution < -0.4 is 4.31 Å². The summed E-state index contributed by atoms with van der Waals surface area (Å²) in [5, 5.41) is 8.96. The summed E-state index contributed by atoms with van der Waals surface area (Å²) in [5.74, 6) is 0. The molecule has 4 nitrogen and oxygen atoms in total. The van der Waals surface area contributed by atoms with Crippen molar-refractivity contribution >= 4 is 15.7 Å². The highest BCUT2D eigenvalue weighted by molar-refractivity contribution is 7.92. The summed E-state index contributed by atoms with van der Waals surface area (Å²) in [6.45, 7) is 2.20. The minimum Gasteiger partial charge on any atom is -0.266 e. The van der Waals surface area contributed by atoms with E-state index in [1.165, 1.54) is 10.6 Å². The highest BCUT2D eigenvalue weighted by Crippen LogP contribution is 2.22. The Kier molecular flexibility index (Phi) is 4.29. The first-order chi connectivity index (χ1) is 9.91. The van der Waals surface area contributed by atoms with Crippen LogP contribution in [0, 0.1) is 18.3 Å². The van der Waals surface area contributed by atoms with E-state index >= 15 is 0 Å². The molecule has 0 amide bonds. The van der Waals surface area contributed by atoms with Gasteiger partial charge in [0.2, 0.25) is 10.0 Å². The van der Waals surface area contributed by atoms with E-state index in [9.17, 15) is 8.42 Å². The Morgan fingerprint density at radius 2 is 1.86 bits per heavy atom. The van der Waals surface area contributed by atoms with Gasteiger partial charge in [-0.25, -0.2) is 8.42 Å². The molecule has 0 aromatic heterocycles. The lowest BCUT2D eigenvalue weighted by molar-refractivity contribution is 0.596. The van der Waals surface area contributed by atoms with E-state index in [1.807, 2.05) is 37.3 Å². The molecule has 0 N–H and O–H groups in total. The third kappa shape index (κ3) is 3.61. The van der Waals surface area contributed by atoms with Crippen LogP contribution in [0.25, 0.3) is 0 Å². The molecule has 0 spiro atoms. The Labute approximate surface area is 125 Å². The minimum absolute atomic E-state index is 0.250. The van der Waals surface area contributed by atoms with Gasteiger partial charge >= 0.3 is 0 Å². The monoisotopic (exact) mass is 300 g/mol. The van der Waals surface area contributed by atoms with Gasteiger partial charge < -0.3 is 0 Å². The number of benzene rings is 2. The second-order valence-corrected chi connectivity index (χ2v) is 6.77. The minimum atomic E-state index is -3.43. The molecule has 2 aromatic carbocycles. The molecule has 2 aromatic rings. The molecule has 0 bridgehead atoms. The summed E-state index contributed by atoms with van der Waals surface area (Å²) in [5.41, 5.74) is 2.90. The number of rotatable bonds is 4. The smallest absolute Gasteiger partial charge is 0.232 e. The molecule has 0 fully saturated rings. The van der Waals surface area contributed by atoms with Gasteiger partial charge in [-0.1, -0.05) is 30.3 Å². The molecule has 0 aliphatic carbocycles. The Morgan fingerprint density at radius 3 is 2.48 bits per heavy atom. The molecule has 0 aliphatic heterocycles. The van der Waals surface area contributed by atoms with Crippen LogP contribution >= 0.6 is 0 Å². The quantitative estimate of drug-likeness (QED) is 0.872. The fourth-order valence-electron chi connectivity index (χ4n) is 2.07. The van der Waals surface area contributed by atoms with Gasteiger partial charge in [-0.2, -0.15) is 5.26 Å². The van der Waals surface area contributed by atoms with Crippen molar-refractivity contribution in [1.29, 1.82) is 5.26 Å². The molecule has 0 saturated carbocycles. The molecule has 0 aliphatic rings. The first-order valence-corrected chi connectivity index (χ1v) is 8.29. The van der Waals surface area contributed by atoms with Gasteiger partial charge in [0, 0.05) is 0 Å². The molecule has 108 valence electrons. The summed E-state index contributed by atoms with van der Waals surface area (Å²) in [6, 6.07) is 16.3. The molecule has 0 unspecified atom stereocenters. The SMILES string of the molecule is Cc1ccccc1CN(c1cccc(C#N)c1)S(C)(=O)=O. The van der Waals surface area contributed by atoms with E-state index in [4.69, 9.17) is 5.26 Å². The number of hydrogen-bond acceptors (Lipinski definition) is 3. The zero-order valence-corrected chi connectivity index (χ0v) is 12.8. The number of nitrogens with zero attached hydrogens (tertiary/aromatic N) is 2. The van der Waals surface area contributed by atoms with Crippen molar-refractivity contribution in [2.24, 2.45) is 0 Å². The molecule has 0 heterocycles. The Bertz CT molecular complexity index is 792. The highest BCUT2D eigenvalue weighted by atomic mass is 32.2. The summed E-state index contributed by atoms with van der Waals surface area (Å²) in [4.78, 5) is 0. The van der Waals surface area contributed by atoms with Gasteiger partial charge in [-0.15, -0.1) is 0 Å². The number of sulfonamides is 1.